The minimum atomic E-state index is -3.77. The number of nitrogens with zero attached hydrogens (tertiary/aromatic N) is 5. The van der Waals surface area contributed by atoms with E-state index in [-0.39, 0.29) is 18.1 Å². The highest BCUT2D eigenvalue weighted by Crippen LogP contribution is 2.37. The molecule has 12 heteroatoms. The largest absolute Gasteiger partial charge is 0.494 e. The third-order valence-electron chi connectivity index (χ3n) is 5.67. The number of furan rings is 1. The summed E-state index contributed by atoms with van der Waals surface area (Å²) in [5, 5.41) is 7.63. The van der Waals surface area contributed by atoms with E-state index in [0.717, 1.165) is 18.2 Å². The lowest BCUT2D eigenvalue weighted by Gasteiger charge is -2.17. The van der Waals surface area contributed by atoms with Crippen LogP contribution in [0.15, 0.2) is 47.1 Å². The van der Waals surface area contributed by atoms with E-state index in [0.29, 0.717) is 35.2 Å². The van der Waals surface area contributed by atoms with Crippen molar-refractivity contribution >= 4 is 9.84 Å². The molecule has 0 amide bonds. The van der Waals surface area contributed by atoms with E-state index in [9.17, 15) is 12.8 Å². The highest BCUT2D eigenvalue weighted by molar-refractivity contribution is 7.91. The van der Waals surface area contributed by atoms with Crippen LogP contribution in [-0.2, 0) is 28.4 Å². The summed E-state index contributed by atoms with van der Waals surface area (Å²) in [7, 11) is -0.758. The third kappa shape index (κ3) is 5.08. The smallest absolute Gasteiger partial charge is 0.204 e. The highest BCUT2D eigenvalue weighted by atomic mass is 32.2. The second kappa shape index (κ2) is 10.4. The van der Waals surface area contributed by atoms with Gasteiger partial charge in [0.1, 0.15) is 34.5 Å². The molecule has 0 aliphatic heterocycles. The Balaban J connectivity index is 1.79. The first-order valence-electron chi connectivity index (χ1n) is 11.2. The zero-order valence-electron chi connectivity index (χ0n) is 20.3. The van der Waals surface area contributed by atoms with Gasteiger partial charge in [-0.2, -0.15) is 0 Å². The number of sulfone groups is 1. The molecule has 3 aromatic heterocycles. The fourth-order valence-corrected chi connectivity index (χ4v) is 4.93. The van der Waals surface area contributed by atoms with Crippen molar-refractivity contribution in [1.82, 2.24) is 24.7 Å². The number of ether oxygens (including phenoxy) is 2. The summed E-state index contributed by atoms with van der Waals surface area (Å²) in [5.74, 6) is 1.68. The number of hydrogen-bond acceptors (Lipinski definition) is 9. The van der Waals surface area contributed by atoms with Gasteiger partial charge < -0.3 is 13.9 Å². The number of methoxy groups -OCH3 is 2. The molecule has 3 heterocycles. The molecule has 0 bridgehead atoms. The van der Waals surface area contributed by atoms with Gasteiger partial charge in [-0.25, -0.2) is 22.8 Å². The molecule has 1 atom stereocenters. The van der Waals surface area contributed by atoms with Gasteiger partial charge in [0.2, 0.25) is 5.82 Å². The molecule has 0 fully saturated rings. The van der Waals surface area contributed by atoms with Crippen LogP contribution < -0.4 is 9.47 Å². The van der Waals surface area contributed by atoms with Gasteiger partial charge in [-0.1, -0.05) is 13.0 Å². The van der Waals surface area contributed by atoms with E-state index in [1.165, 1.54) is 14.2 Å². The molecule has 36 heavy (non-hydrogen) atoms. The second-order valence-corrected chi connectivity index (χ2v) is 10.5. The number of rotatable bonds is 10. The lowest BCUT2D eigenvalue weighted by Crippen LogP contribution is -2.24. The van der Waals surface area contributed by atoms with E-state index in [4.69, 9.17) is 13.9 Å². The number of benzene rings is 1. The molecule has 0 N–H and O–H groups in total. The Morgan fingerprint density at radius 1 is 1.06 bits per heavy atom. The van der Waals surface area contributed by atoms with Gasteiger partial charge in [0, 0.05) is 12.8 Å². The van der Waals surface area contributed by atoms with E-state index in [1.807, 2.05) is 13.0 Å². The Bertz CT molecular complexity index is 1430. The lowest BCUT2D eigenvalue weighted by molar-refractivity contribution is 0.390. The fraction of sp³-hybridized carbons (Fsp3) is 0.333. The molecule has 1 aromatic carbocycles. The quantitative estimate of drug-likeness (QED) is 0.312. The van der Waals surface area contributed by atoms with Gasteiger partial charge in [-0.05, 0) is 31.2 Å². The van der Waals surface area contributed by atoms with Crippen LogP contribution >= 0.6 is 0 Å². The number of aryl methyl sites for hydroxylation is 1. The number of aromatic nitrogens is 5. The monoisotopic (exact) mass is 515 g/mol. The molecular weight excluding hydrogens is 489 g/mol. The Labute approximate surface area is 208 Å². The normalized spacial score (nSPS) is 12.5. The molecule has 0 aliphatic carbocycles. The summed E-state index contributed by atoms with van der Waals surface area (Å²) in [6.45, 7) is 3.51. The second-order valence-electron chi connectivity index (χ2n) is 8.05. The van der Waals surface area contributed by atoms with Crippen LogP contribution in [-0.4, -0.2) is 52.6 Å². The summed E-state index contributed by atoms with van der Waals surface area (Å²) in [6.07, 6.45) is 2.70. The summed E-state index contributed by atoms with van der Waals surface area (Å²) >= 11 is 0. The molecular formula is C24H26FN5O5S. The first kappa shape index (κ1) is 25.3. The summed E-state index contributed by atoms with van der Waals surface area (Å²) in [6, 6.07) is 8.81. The zero-order chi connectivity index (χ0) is 25.9. The molecule has 0 saturated heterocycles. The van der Waals surface area contributed by atoms with Crippen LogP contribution in [0.3, 0.4) is 0 Å². The van der Waals surface area contributed by atoms with Gasteiger partial charge in [0.05, 0.1) is 31.9 Å². The van der Waals surface area contributed by atoms with E-state index in [2.05, 4.69) is 20.2 Å². The minimum Gasteiger partial charge on any atom is -0.494 e. The van der Waals surface area contributed by atoms with E-state index in [1.54, 1.807) is 35.8 Å². The van der Waals surface area contributed by atoms with Crippen molar-refractivity contribution in [2.75, 3.05) is 14.2 Å². The van der Waals surface area contributed by atoms with Crippen molar-refractivity contribution in [3.05, 3.63) is 66.0 Å². The standard InChI is InChI=1S/C24H26FN5O5S/c1-5-17-9-10-20(35-17)24-29-28-22(30(24)23-18(33-3)7-6-8-19(23)34-4)14-36(31,32)15(2)11-21-26-12-16(25)13-27-21/h6-10,12-13,15H,5,11,14H2,1-4H3/t15-/m1/s1. The highest BCUT2D eigenvalue weighted by Gasteiger charge is 2.30. The lowest BCUT2D eigenvalue weighted by atomic mass is 10.2. The summed E-state index contributed by atoms with van der Waals surface area (Å²) in [5.41, 5.74) is 0.441. The van der Waals surface area contributed by atoms with Crippen LogP contribution in [0.5, 0.6) is 11.5 Å². The number of halogens is 1. The average molecular weight is 516 g/mol. The molecule has 4 rings (SSSR count). The predicted octanol–water partition coefficient (Wildman–Crippen LogP) is 3.58. The van der Waals surface area contributed by atoms with Crippen LogP contribution in [0.2, 0.25) is 0 Å². The molecule has 190 valence electrons. The zero-order valence-corrected chi connectivity index (χ0v) is 21.1. The number of para-hydroxylation sites is 1. The minimum absolute atomic E-state index is 0.0135. The van der Waals surface area contributed by atoms with Crippen LogP contribution in [0.25, 0.3) is 17.3 Å². The van der Waals surface area contributed by atoms with Crippen LogP contribution in [0.1, 0.15) is 31.3 Å². The summed E-state index contributed by atoms with van der Waals surface area (Å²) in [4.78, 5) is 7.75. The Hall–Kier alpha value is -3.80. The van der Waals surface area contributed by atoms with Crippen LogP contribution in [0.4, 0.5) is 4.39 Å². The van der Waals surface area contributed by atoms with Gasteiger partial charge in [0.15, 0.2) is 27.2 Å². The molecule has 0 saturated carbocycles. The molecule has 4 aromatic rings. The van der Waals surface area contributed by atoms with Crippen molar-refractivity contribution in [3.8, 4) is 28.8 Å². The molecule has 10 nitrogen and oxygen atoms in total. The van der Waals surface area contributed by atoms with Gasteiger partial charge in [-0.15, -0.1) is 10.2 Å². The van der Waals surface area contributed by atoms with Gasteiger partial charge >= 0.3 is 0 Å². The SMILES string of the molecule is CCc1ccc(-c2nnc(CS(=O)(=O)[C@H](C)Cc3ncc(F)cn3)n2-c2c(OC)cccc2OC)o1. The van der Waals surface area contributed by atoms with Gasteiger partial charge in [-0.3, -0.25) is 4.57 Å². The molecule has 0 spiro atoms. The fourth-order valence-electron chi connectivity index (χ4n) is 3.70. The van der Waals surface area contributed by atoms with Crippen molar-refractivity contribution in [1.29, 1.82) is 0 Å². The van der Waals surface area contributed by atoms with Crippen molar-refractivity contribution in [3.63, 3.8) is 0 Å². The Morgan fingerprint density at radius 3 is 2.31 bits per heavy atom. The van der Waals surface area contributed by atoms with E-state index < -0.39 is 26.7 Å². The maximum atomic E-state index is 13.4. The maximum absolute atomic E-state index is 13.4. The molecule has 0 aliphatic rings. The van der Waals surface area contributed by atoms with Crippen molar-refractivity contribution < 1.29 is 26.7 Å². The van der Waals surface area contributed by atoms with Crippen molar-refractivity contribution in [2.45, 2.75) is 37.7 Å². The average Bonchev–Trinajstić information content (AvgIpc) is 3.51. The van der Waals surface area contributed by atoms with Crippen LogP contribution in [0, 0.1) is 5.82 Å². The topological polar surface area (TPSA) is 122 Å². The first-order chi connectivity index (χ1) is 17.3. The third-order valence-corrected chi connectivity index (χ3v) is 7.73. The maximum Gasteiger partial charge on any atom is 0.204 e. The first-order valence-corrected chi connectivity index (χ1v) is 12.9. The number of hydrogen-bond donors (Lipinski definition) is 0. The summed E-state index contributed by atoms with van der Waals surface area (Å²) < 4.78 is 58.5. The Kier molecular flexibility index (Phi) is 7.34. The predicted molar refractivity (Wildman–Crippen MR) is 129 cm³/mol. The van der Waals surface area contributed by atoms with Gasteiger partial charge in [0.25, 0.3) is 0 Å². The molecule has 0 unspecified atom stereocenters. The van der Waals surface area contributed by atoms with E-state index >= 15 is 0 Å². The Morgan fingerprint density at radius 2 is 1.72 bits per heavy atom. The molecule has 0 radical (unpaired) electrons. The van der Waals surface area contributed by atoms with Crippen molar-refractivity contribution in [2.24, 2.45) is 0 Å².